The molecule has 2 heteroatoms. The van der Waals surface area contributed by atoms with Gasteiger partial charge in [-0.25, -0.2) is 0 Å². The molecule has 0 radical (unpaired) electrons. The second-order valence-electron chi connectivity index (χ2n) is 16.7. The Morgan fingerprint density at radius 1 is 0.224 bits per heavy atom. The fourth-order valence-electron chi connectivity index (χ4n) is 8.16. The van der Waals surface area contributed by atoms with Crippen LogP contribution in [-0.2, 0) is 0 Å². The topological polar surface area (TPSA) is 3.24 Å². The van der Waals surface area contributed by atoms with E-state index in [-0.39, 0.29) is 0 Å². The Balaban J connectivity index is 5.45. The Kier molecular flexibility index (Phi) is 40.6. The molecule has 0 amide bonds. The summed E-state index contributed by atoms with van der Waals surface area (Å²) in [5.74, 6) is 0. The van der Waals surface area contributed by atoms with Gasteiger partial charge in [0.05, 0.1) is 26.2 Å². The fourth-order valence-corrected chi connectivity index (χ4v) is 8.16. The first-order chi connectivity index (χ1) is 24.2. The molecule has 0 saturated heterocycles. The molecule has 0 unspecified atom stereocenters. The molecule has 0 spiro atoms. The van der Waals surface area contributed by atoms with Crippen molar-refractivity contribution >= 4 is 0 Å². The Labute approximate surface area is 313 Å². The van der Waals surface area contributed by atoms with Gasteiger partial charge in [-0.05, 0) is 64.5 Å². The van der Waals surface area contributed by atoms with E-state index < -0.39 is 0 Å². The molecular formula is C47H99N2+. The molecule has 0 aliphatic rings. The molecule has 0 aromatic rings. The number of hydrogen-bond acceptors (Lipinski definition) is 1. The number of hydrogen-bond donors (Lipinski definition) is 0. The average molecular weight is 692 g/mol. The molecule has 0 aliphatic carbocycles. The van der Waals surface area contributed by atoms with Gasteiger partial charge in [-0.3, -0.25) is 4.90 Å². The molecular weight excluding hydrogens is 593 g/mol. The summed E-state index contributed by atoms with van der Waals surface area (Å²) in [5, 5.41) is 0. The fraction of sp³-hybridized carbons (Fsp3) is 1.00. The molecule has 0 aliphatic heterocycles. The normalized spacial score (nSPS) is 12.1. The van der Waals surface area contributed by atoms with Crippen LogP contribution in [0.15, 0.2) is 0 Å². The van der Waals surface area contributed by atoms with Crippen molar-refractivity contribution in [1.82, 2.24) is 4.90 Å². The van der Waals surface area contributed by atoms with Crippen molar-refractivity contribution in [3.8, 4) is 0 Å². The van der Waals surface area contributed by atoms with E-state index in [1.54, 1.807) is 0 Å². The summed E-state index contributed by atoms with van der Waals surface area (Å²) in [4.78, 5) is 2.96. The highest BCUT2D eigenvalue weighted by Crippen LogP contribution is 2.20. The van der Waals surface area contributed by atoms with Crippen LogP contribution < -0.4 is 0 Å². The van der Waals surface area contributed by atoms with Crippen molar-refractivity contribution in [2.75, 3.05) is 45.8 Å². The number of rotatable bonds is 43. The van der Waals surface area contributed by atoms with Gasteiger partial charge >= 0.3 is 0 Å². The van der Waals surface area contributed by atoms with Crippen LogP contribution in [0.5, 0.6) is 0 Å². The van der Waals surface area contributed by atoms with Gasteiger partial charge in [-0.1, -0.05) is 208 Å². The molecule has 0 fully saturated rings. The summed E-state index contributed by atoms with van der Waals surface area (Å²) in [6.45, 7) is 21.6. The summed E-state index contributed by atoms with van der Waals surface area (Å²) < 4.78 is 1.45. The molecule has 0 saturated carbocycles. The highest BCUT2D eigenvalue weighted by atomic mass is 15.4. The second-order valence-corrected chi connectivity index (χ2v) is 16.7. The van der Waals surface area contributed by atoms with Crippen molar-refractivity contribution < 1.29 is 4.48 Å². The van der Waals surface area contributed by atoms with E-state index in [4.69, 9.17) is 0 Å². The van der Waals surface area contributed by atoms with Crippen molar-refractivity contribution in [2.24, 2.45) is 0 Å². The minimum absolute atomic E-state index is 1.36. The van der Waals surface area contributed by atoms with E-state index in [0.29, 0.717) is 0 Å². The quantitative estimate of drug-likeness (QED) is 0.0454. The lowest BCUT2D eigenvalue weighted by Gasteiger charge is -2.41. The maximum Gasteiger partial charge on any atom is 0.0915 e. The van der Waals surface area contributed by atoms with Gasteiger partial charge in [0.15, 0.2) is 0 Å². The summed E-state index contributed by atoms with van der Waals surface area (Å²) in [6.07, 6.45) is 50.5. The lowest BCUT2D eigenvalue weighted by molar-refractivity contribution is -0.928. The average Bonchev–Trinajstić information content (AvgIpc) is 3.11. The highest BCUT2D eigenvalue weighted by Gasteiger charge is 2.27. The van der Waals surface area contributed by atoms with Gasteiger partial charge in [-0.15, -0.1) is 0 Å². The summed E-state index contributed by atoms with van der Waals surface area (Å²) in [7, 11) is 0. The third-order valence-electron chi connectivity index (χ3n) is 11.8. The monoisotopic (exact) mass is 692 g/mol. The van der Waals surface area contributed by atoms with Gasteiger partial charge in [0, 0.05) is 6.54 Å². The van der Waals surface area contributed by atoms with Gasteiger partial charge < -0.3 is 4.48 Å². The van der Waals surface area contributed by atoms with Crippen LogP contribution in [0.4, 0.5) is 0 Å². The Morgan fingerprint density at radius 3 is 0.714 bits per heavy atom. The smallest absolute Gasteiger partial charge is 0.0915 e. The molecule has 0 aromatic heterocycles. The van der Waals surface area contributed by atoms with Gasteiger partial charge in [0.2, 0.25) is 0 Å². The van der Waals surface area contributed by atoms with E-state index >= 15 is 0 Å². The lowest BCUT2D eigenvalue weighted by atomic mass is 10.0. The first kappa shape index (κ1) is 48.9. The predicted molar refractivity (Wildman–Crippen MR) is 226 cm³/mol. The molecule has 0 N–H and O–H groups in total. The third kappa shape index (κ3) is 34.8. The van der Waals surface area contributed by atoms with Crippen LogP contribution in [-0.4, -0.2) is 55.2 Å². The van der Waals surface area contributed by atoms with Crippen molar-refractivity contribution in [3.63, 3.8) is 0 Å². The van der Waals surface area contributed by atoms with Crippen molar-refractivity contribution in [1.29, 1.82) is 0 Å². The minimum atomic E-state index is 1.36. The summed E-state index contributed by atoms with van der Waals surface area (Å²) in [6, 6.07) is 0. The van der Waals surface area contributed by atoms with Crippen molar-refractivity contribution in [2.45, 2.75) is 259 Å². The van der Waals surface area contributed by atoms with Crippen LogP contribution in [0.3, 0.4) is 0 Å². The van der Waals surface area contributed by atoms with Crippen LogP contribution in [0.2, 0.25) is 0 Å². The van der Waals surface area contributed by atoms with Gasteiger partial charge in [0.1, 0.15) is 0 Å². The maximum absolute atomic E-state index is 2.96. The number of nitrogens with zero attached hydrogens (tertiary/aromatic N) is 2. The van der Waals surface area contributed by atoms with E-state index in [0.717, 1.165) is 0 Å². The van der Waals surface area contributed by atoms with Gasteiger partial charge in [0.25, 0.3) is 0 Å². The first-order valence-corrected chi connectivity index (χ1v) is 23.7. The van der Waals surface area contributed by atoms with Crippen LogP contribution >= 0.6 is 0 Å². The van der Waals surface area contributed by atoms with E-state index in [1.165, 1.54) is 275 Å². The van der Waals surface area contributed by atoms with E-state index in [1.807, 2.05) is 0 Å². The van der Waals surface area contributed by atoms with Crippen LogP contribution in [0.1, 0.15) is 259 Å². The highest BCUT2D eigenvalue weighted by molar-refractivity contribution is 4.62. The summed E-state index contributed by atoms with van der Waals surface area (Å²) >= 11 is 0. The Bertz CT molecular complexity index is 525. The second kappa shape index (κ2) is 40.7. The lowest BCUT2D eigenvalue weighted by Crippen LogP contribution is -2.54. The first-order valence-electron chi connectivity index (χ1n) is 23.7. The molecule has 0 atom stereocenters. The Hall–Kier alpha value is -0.0800. The third-order valence-corrected chi connectivity index (χ3v) is 11.8. The van der Waals surface area contributed by atoms with Gasteiger partial charge in [-0.2, -0.15) is 0 Å². The molecule has 0 heterocycles. The molecule has 0 bridgehead atoms. The zero-order valence-electron chi connectivity index (χ0n) is 35.6. The van der Waals surface area contributed by atoms with E-state index in [9.17, 15) is 0 Å². The molecule has 0 aromatic carbocycles. The standard InChI is InChI=1S/C47H99N2/c1-6-11-16-21-26-31-36-41-48(42-37-32-27-22-17-12-7-2)43-47-49(44-38-33-28-23-18-13-8-3,45-39-34-29-24-19-14-9-4)46-40-35-30-25-20-15-10-5/h6-47H2,1-5H3/q+1. The van der Waals surface area contributed by atoms with Crippen LogP contribution in [0.25, 0.3) is 0 Å². The maximum atomic E-state index is 2.96. The van der Waals surface area contributed by atoms with Crippen LogP contribution in [0, 0.1) is 0 Å². The number of unbranched alkanes of at least 4 members (excludes halogenated alkanes) is 30. The Morgan fingerprint density at radius 2 is 0.449 bits per heavy atom. The summed E-state index contributed by atoms with van der Waals surface area (Å²) in [5.41, 5.74) is 0. The zero-order chi connectivity index (χ0) is 35.8. The van der Waals surface area contributed by atoms with Crippen molar-refractivity contribution in [3.05, 3.63) is 0 Å². The molecule has 49 heavy (non-hydrogen) atoms. The van der Waals surface area contributed by atoms with E-state index in [2.05, 4.69) is 39.5 Å². The minimum Gasteiger partial charge on any atom is -0.323 e. The molecule has 2 nitrogen and oxygen atoms in total. The predicted octanol–water partition coefficient (Wildman–Crippen LogP) is 15.9. The zero-order valence-corrected chi connectivity index (χ0v) is 35.6. The SMILES string of the molecule is CCCCCCCCCN(CCCCCCCCC)CC[N+](CCCCCCCCC)(CCCCCCCCC)CCCCCCCCC. The molecule has 296 valence electrons. The number of quaternary nitrogens is 1. The molecule has 0 rings (SSSR count). The largest absolute Gasteiger partial charge is 0.323 e.